The van der Waals surface area contributed by atoms with Crippen LogP contribution in [0.25, 0.3) is 0 Å². The zero-order valence-electron chi connectivity index (χ0n) is 13.3. The largest absolute Gasteiger partial charge is 0.481 e. The summed E-state index contributed by atoms with van der Waals surface area (Å²) >= 11 is 0. The van der Waals surface area contributed by atoms with E-state index in [1.54, 1.807) is 13.2 Å². The monoisotopic (exact) mass is 323 g/mol. The second-order valence-electron chi connectivity index (χ2n) is 6.02. The number of rotatable bonds is 4. The minimum absolute atomic E-state index is 0.261. The fourth-order valence-electron chi connectivity index (χ4n) is 3.09. The first-order chi connectivity index (χ1) is 11.7. The highest BCUT2D eigenvalue weighted by Gasteiger charge is 2.41. The molecule has 0 spiro atoms. The van der Waals surface area contributed by atoms with E-state index < -0.39 is 5.60 Å². The third-order valence-corrected chi connectivity index (χ3v) is 4.28. The van der Waals surface area contributed by atoms with Crippen LogP contribution in [0.2, 0.25) is 0 Å². The quantitative estimate of drug-likeness (QED) is 0.791. The Balaban J connectivity index is 1.55. The van der Waals surface area contributed by atoms with Crippen molar-refractivity contribution >= 4 is 0 Å². The number of benzene rings is 1. The number of hydrogen-bond donors (Lipinski definition) is 1. The molecule has 6 heteroatoms. The van der Waals surface area contributed by atoms with Crippen molar-refractivity contribution in [2.45, 2.75) is 24.9 Å². The molecule has 122 valence electrons. The Bertz CT molecular complexity index is 850. The lowest BCUT2D eigenvalue weighted by molar-refractivity contribution is 0.0145. The van der Waals surface area contributed by atoms with Crippen molar-refractivity contribution in [3.8, 4) is 5.88 Å². The van der Waals surface area contributed by atoms with Crippen molar-refractivity contribution in [2.75, 3.05) is 7.11 Å². The number of hydrogen-bond acceptors (Lipinski definition) is 6. The molecule has 0 radical (unpaired) electrons. The van der Waals surface area contributed by atoms with Gasteiger partial charge in [0.2, 0.25) is 5.88 Å². The topological polar surface area (TPSA) is 81.3 Å². The van der Waals surface area contributed by atoms with E-state index >= 15 is 0 Å². The smallest absolute Gasteiger partial charge is 0.259 e. The molecule has 0 unspecified atom stereocenters. The predicted molar refractivity (Wildman–Crippen MR) is 85.6 cm³/mol. The lowest BCUT2D eigenvalue weighted by Crippen LogP contribution is -2.26. The molecule has 6 nitrogen and oxygen atoms in total. The number of ether oxygens (including phenoxy) is 1. The van der Waals surface area contributed by atoms with Gasteiger partial charge < -0.3 is 14.4 Å². The fourth-order valence-corrected chi connectivity index (χ4v) is 3.09. The van der Waals surface area contributed by atoms with Crippen LogP contribution in [0, 0.1) is 0 Å². The van der Waals surface area contributed by atoms with Crippen molar-refractivity contribution in [2.24, 2.45) is 0 Å². The van der Waals surface area contributed by atoms with Crippen molar-refractivity contribution in [3.05, 3.63) is 71.0 Å². The summed E-state index contributed by atoms with van der Waals surface area (Å²) in [4.78, 5) is 8.73. The third-order valence-electron chi connectivity index (χ3n) is 4.28. The van der Waals surface area contributed by atoms with E-state index in [4.69, 9.17) is 9.26 Å². The second-order valence-corrected chi connectivity index (χ2v) is 6.02. The van der Waals surface area contributed by atoms with Crippen molar-refractivity contribution < 1.29 is 14.4 Å². The van der Waals surface area contributed by atoms with Gasteiger partial charge in [-0.25, -0.2) is 4.98 Å². The molecule has 1 N–H and O–H groups in total. The molecule has 1 aliphatic carbocycles. The van der Waals surface area contributed by atoms with E-state index in [-0.39, 0.29) is 5.89 Å². The van der Waals surface area contributed by atoms with E-state index in [0.717, 1.165) is 16.8 Å². The van der Waals surface area contributed by atoms with Gasteiger partial charge in [-0.05, 0) is 17.2 Å². The van der Waals surface area contributed by atoms with Gasteiger partial charge in [-0.3, -0.25) is 0 Å². The standard InChI is InChI=1S/C18H17N3O3/c1-23-16-8-4-7-14(19-16)9-15-20-17(24-21-15)18(22)10-12-5-2-3-6-13(12)11-18/h2-8,22H,9-11H2,1H3. The Labute approximate surface area is 139 Å². The van der Waals surface area contributed by atoms with Crippen molar-refractivity contribution in [1.29, 1.82) is 0 Å². The molecule has 3 aromatic rings. The minimum Gasteiger partial charge on any atom is -0.481 e. The van der Waals surface area contributed by atoms with Crippen LogP contribution in [0.5, 0.6) is 5.88 Å². The van der Waals surface area contributed by atoms with Crippen LogP contribution in [0.15, 0.2) is 47.0 Å². The highest BCUT2D eigenvalue weighted by molar-refractivity contribution is 5.36. The zero-order chi connectivity index (χ0) is 16.6. The lowest BCUT2D eigenvalue weighted by atomic mass is 10.0. The number of nitrogens with zero attached hydrogens (tertiary/aromatic N) is 3. The van der Waals surface area contributed by atoms with Gasteiger partial charge in [0.25, 0.3) is 5.89 Å². The van der Waals surface area contributed by atoms with Crippen LogP contribution in [0.4, 0.5) is 0 Å². The van der Waals surface area contributed by atoms with Crippen LogP contribution < -0.4 is 4.74 Å². The van der Waals surface area contributed by atoms with E-state index in [2.05, 4.69) is 15.1 Å². The van der Waals surface area contributed by atoms with E-state index in [1.807, 2.05) is 36.4 Å². The average Bonchev–Trinajstić information content (AvgIpc) is 3.19. The Hall–Kier alpha value is -2.73. The first-order valence-electron chi connectivity index (χ1n) is 7.78. The summed E-state index contributed by atoms with van der Waals surface area (Å²) in [5.74, 6) is 1.30. The SMILES string of the molecule is COc1cccc(Cc2noc(C3(O)Cc4ccccc4C3)n2)n1. The molecule has 0 bridgehead atoms. The number of aliphatic hydroxyl groups is 1. The first-order valence-corrected chi connectivity index (χ1v) is 7.78. The number of aromatic nitrogens is 3. The lowest BCUT2D eigenvalue weighted by Gasteiger charge is -2.16. The molecule has 0 amide bonds. The van der Waals surface area contributed by atoms with Crippen molar-refractivity contribution in [1.82, 2.24) is 15.1 Å². The summed E-state index contributed by atoms with van der Waals surface area (Å²) in [5, 5.41) is 14.9. The molecule has 0 saturated carbocycles. The molecule has 0 aliphatic heterocycles. The molecule has 4 rings (SSSR count). The molecular weight excluding hydrogens is 306 g/mol. The first kappa shape index (κ1) is 14.8. The molecule has 0 fully saturated rings. The molecule has 0 atom stereocenters. The Morgan fingerprint density at radius 2 is 1.83 bits per heavy atom. The van der Waals surface area contributed by atoms with Gasteiger partial charge in [0.05, 0.1) is 19.2 Å². The van der Waals surface area contributed by atoms with Gasteiger partial charge in [-0.2, -0.15) is 4.98 Å². The highest BCUT2D eigenvalue weighted by Crippen LogP contribution is 2.36. The molecule has 1 aliphatic rings. The van der Waals surface area contributed by atoms with Crippen LogP contribution in [-0.4, -0.2) is 27.3 Å². The van der Waals surface area contributed by atoms with Gasteiger partial charge in [0.15, 0.2) is 11.4 Å². The molecule has 2 heterocycles. The molecule has 0 saturated heterocycles. The summed E-state index contributed by atoms with van der Waals surface area (Å²) in [6.45, 7) is 0. The fraction of sp³-hybridized carbons (Fsp3) is 0.278. The maximum absolute atomic E-state index is 10.9. The van der Waals surface area contributed by atoms with Crippen LogP contribution >= 0.6 is 0 Å². The van der Waals surface area contributed by atoms with E-state index in [9.17, 15) is 5.11 Å². The van der Waals surface area contributed by atoms with Crippen molar-refractivity contribution in [3.63, 3.8) is 0 Å². The average molecular weight is 323 g/mol. The second kappa shape index (κ2) is 5.72. The summed E-state index contributed by atoms with van der Waals surface area (Å²) in [6.07, 6.45) is 1.40. The Kier molecular flexibility index (Phi) is 3.54. The van der Waals surface area contributed by atoms with E-state index in [1.165, 1.54) is 0 Å². The zero-order valence-corrected chi connectivity index (χ0v) is 13.3. The van der Waals surface area contributed by atoms with Gasteiger partial charge >= 0.3 is 0 Å². The third kappa shape index (κ3) is 2.65. The predicted octanol–water partition coefficient (Wildman–Crippen LogP) is 2.05. The maximum Gasteiger partial charge on any atom is 0.259 e. The Morgan fingerprint density at radius 3 is 2.54 bits per heavy atom. The van der Waals surface area contributed by atoms with Gasteiger partial charge in [-0.15, -0.1) is 0 Å². The molecular formula is C18H17N3O3. The molecule has 24 heavy (non-hydrogen) atoms. The van der Waals surface area contributed by atoms with E-state index in [0.29, 0.717) is 31.0 Å². The van der Waals surface area contributed by atoms with Gasteiger partial charge in [0, 0.05) is 18.9 Å². The normalized spacial score (nSPS) is 15.2. The minimum atomic E-state index is -1.13. The van der Waals surface area contributed by atoms with Crippen LogP contribution in [0.3, 0.4) is 0 Å². The van der Waals surface area contributed by atoms with Gasteiger partial charge in [0.1, 0.15) is 0 Å². The molecule has 1 aromatic carbocycles. The maximum atomic E-state index is 10.9. The summed E-state index contributed by atoms with van der Waals surface area (Å²) in [5.41, 5.74) is 1.89. The highest BCUT2D eigenvalue weighted by atomic mass is 16.5. The number of methoxy groups -OCH3 is 1. The molecule has 2 aromatic heterocycles. The Morgan fingerprint density at radius 1 is 1.08 bits per heavy atom. The number of fused-ring (bicyclic) bond motifs is 1. The van der Waals surface area contributed by atoms with Crippen LogP contribution in [-0.2, 0) is 24.9 Å². The summed E-state index contributed by atoms with van der Waals surface area (Å²) in [6, 6.07) is 13.5. The summed E-state index contributed by atoms with van der Waals surface area (Å²) < 4.78 is 10.5. The number of pyridine rings is 1. The van der Waals surface area contributed by atoms with Gasteiger partial charge in [-0.1, -0.05) is 35.5 Å². The van der Waals surface area contributed by atoms with Crippen LogP contribution in [0.1, 0.15) is 28.5 Å². The summed E-state index contributed by atoms with van der Waals surface area (Å²) in [7, 11) is 1.58.